The summed E-state index contributed by atoms with van der Waals surface area (Å²) in [4.78, 5) is 26.8. The Morgan fingerprint density at radius 1 is 0.964 bits per heavy atom. The maximum atomic E-state index is 12.5. The van der Waals surface area contributed by atoms with Crippen molar-refractivity contribution in [2.75, 3.05) is 19.7 Å². The quantitative estimate of drug-likeness (QED) is 0.886. The summed E-state index contributed by atoms with van der Waals surface area (Å²) >= 11 is 0. The highest BCUT2D eigenvalue weighted by atomic mass is 16.6. The van der Waals surface area contributed by atoms with Gasteiger partial charge in [-0.05, 0) is 49.1 Å². The van der Waals surface area contributed by atoms with Gasteiger partial charge in [0.25, 0.3) is 11.8 Å². The Hall–Kier alpha value is -3.02. The molecule has 1 atom stereocenters. The summed E-state index contributed by atoms with van der Waals surface area (Å²) in [5.74, 6) is 1.10. The van der Waals surface area contributed by atoms with E-state index in [0.717, 1.165) is 31.5 Å². The van der Waals surface area contributed by atoms with Crippen LogP contribution in [0.3, 0.4) is 0 Å². The van der Waals surface area contributed by atoms with Crippen molar-refractivity contribution in [3.8, 4) is 11.5 Å². The first-order chi connectivity index (χ1) is 13.7. The van der Waals surface area contributed by atoms with Gasteiger partial charge in [0.1, 0.15) is 6.61 Å². The zero-order chi connectivity index (χ0) is 19.3. The van der Waals surface area contributed by atoms with Crippen LogP contribution in [-0.2, 0) is 11.3 Å². The van der Waals surface area contributed by atoms with Gasteiger partial charge in [-0.2, -0.15) is 0 Å². The Morgan fingerprint density at radius 2 is 1.68 bits per heavy atom. The topological polar surface area (TPSA) is 67.9 Å². The SMILES string of the molecule is O=C(NCc1ccc(C(=O)N2CCCCC2)cc1)[C@@H]1COc2ccccc2O1. The van der Waals surface area contributed by atoms with Crippen molar-refractivity contribution < 1.29 is 19.1 Å². The number of likely N-dealkylation sites (tertiary alicyclic amines) is 1. The molecule has 1 fully saturated rings. The van der Waals surface area contributed by atoms with Gasteiger partial charge in [-0.3, -0.25) is 9.59 Å². The Balaban J connectivity index is 1.30. The standard InChI is InChI=1S/C22H24N2O4/c25-21(20-15-27-18-6-2-3-7-19(18)28-20)23-14-16-8-10-17(11-9-16)22(26)24-12-4-1-5-13-24/h2-3,6-11,20H,1,4-5,12-15H2,(H,23,25)/t20-/m0/s1. The smallest absolute Gasteiger partial charge is 0.264 e. The van der Waals surface area contributed by atoms with Crippen molar-refractivity contribution in [1.82, 2.24) is 10.2 Å². The van der Waals surface area contributed by atoms with E-state index in [0.29, 0.717) is 23.6 Å². The van der Waals surface area contributed by atoms with E-state index in [1.54, 1.807) is 6.07 Å². The highest BCUT2D eigenvalue weighted by Gasteiger charge is 2.27. The normalized spacial score (nSPS) is 18.4. The van der Waals surface area contributed by atoms with E-state index in [1.807, 2.05) is 47.4 Å². The van der Waals surface area contributed by atoms with Crippen LogP contribution in [0.2, 0.25) is 0 Å². The first kappa shape index (κ1) is 18.3. The van der Waals surface area contributed by atoms with Crippen LogP contribution in [0.25, 0.3) is 0 Å². The maximum absolute atomic E-state index is 12.5. The molecule has 6 nitrogen and oxygen atoms in total. The molecule has 28 heavy (non-hydrogen) atoms. The van der Waals surface area contributed by atoms with Crippen molar-refractivity contribution in [3.63, 3.8) is 0 Å². The minimum absolute atomic E-state index is 0.0849. The molecule has 4 rings (SSSR count). The Bertz CT molecular complexity index is 844. The second-order valence-electron chi connectivity index (χ2n) is 7.13. The Kier molecular flexibility index (Phi) is 5.46. The molecule has 2 aliphatic heterocycles. The molecule has 0 saturated carbocycles. The molecule has 0 unspecified atom stereocenters. The third kappa shape index (κ3) is 4.11. The first-order valence-corrected chi connectivity index (χ1v) is 9.75. The van der Waals surface area contributed by atoms with Crippen molar-refractivity contribution >= 4 is 11.8 Å². The van der Waals surface area contributed by atoms with E-state index in [1.165, 1.54) is 6.42 Å². The lowest BCUT2D eigenvalue weighted by molar-refractivity contribution is -0.130. The molecule has 2 aliphatic rings. The molecule has 2 heterocycles. The summed E-state index contributed by atoms with van der Waals surface area (Å²) in [6.07, 6.45) is 2.68. The average Bonchev–Trinajstić information content (AvgIpc) is 2.77. The van der Waals surface area contributed by atoms with Gasteiger partial charge in [0, 0.05) is 25.2 Å². The minimum atomic E-state index is -0.671. The lowest BCUT2D eigenvalue weighted by Crippen LogP contribution is -2.43. The molecule has 1 N–H and O–H groups in total. The minimum Gasteiger partial charge on any atom is -0.485 e. The summed E-state index contributed by atoms with van der Waals surface area (Å²) in [5, 5.41) is 2.87. The van der Waals surface area contributed by atoms with Gasteiger partial charge >= 0.3 is 0 Å². The van der Waals surface area contributed by atoms with Crippen molar-refractivity contribution in [1.29, 1.82) is 0 Å². The summed E-state index contributed by atoms with van der Waals surface area (Å²) < 4.78 is 11.3. The van der Waals surface area contributed by atoms with E-state index in [9.17, 15) is 9.59 Å². The number of fused-ring (bicyclic) bond motifs is 1. The zero-order valence-corrected chi connectivity index (χ0v) is 15.7. The highest BCUT2D eigenvalue weighted by molar-refractivity contribution is 5.94. The number of nitrogens with zero attached hydrogens (tertiary/aromatic N) is 1. The molecule has 0 spiro atoms. The molecular formula is C22H24N2O4. The van der Waals surface area contributed by atoms with Crippen molar-refractivity contribution in [2.45, 2.75) is 31.9 Å². The number of piperidine rings is 1. The number of hydrogen-bond donors (Lipinski definition) is 1. The predicted molar refractivity (Wildman–Crippen MR) is 104 cm³/mol. The molecule has 2 aromatic rings. The van der Waals surface area contributed by atoms with Crippen LogP contribution in [0.5, 0.6) is 11.5 Å². The van der Waals surface area contributed by atoms with Gasteiger partial charge in [0.05, 0.1) is 0 Å². The predicted octanol–water partition coefficient (Wildman–Crippen LogP) is 2.77. The lowest BCUT2D eigenvalue weighted by atomic mass is 10.1. The average molecular weight is 380 g/mol. The second kappa shape index (κ2) is 8.33. The number of hydrogen-bond acceptors (Lipinski definition) is 4. The fourth-order valence-electron chi connectivity index (χ4n) is 3.50. The molecule has 0 aromatic heterocycles. The third-order valence-corrected chi connectivity index (χ3v) is 5.11. The number of para-hydroxylation sites is 2. The summed E-state index contributed by atoms with van der Waals surface area (Å²) in [5.41, 5.74) is 1.62. The zero-order valence-electron chi connectivity index (χ0n) is 15.7. The molecule has 0 aliphatic carbocycles. The van der Waals surface area contributed by atoms with Crippen LogP contribution in [0, 0.1) is 0 Å². The van der Waals surface area contributed by atoms with Crippen LogP contribution < -0.4 is 14.8 Å². The van der Waals surface area contributed by atoms with Gasteiger partial charge in [-0.25, -0.2) is 0 Å². The van der Waals surface area contributed by atoms with Gasteiger partial charge in [-0.15, -0.1) is 0 Å². The third-order valence-electron chi connectivity index (χ3n) is 5.11. The molecule has 2 amide bonds. The van der Waals surface area contributed by atoms with Crippen LogP contribution in [-0.4, -0.2) is 42.5 Å². The largest absolute Gasteiger partial charge is 0.485 e. The number of carbonyl (C=O) groups excluding carboxylic acids is 2. The van der Waals surface area contributed by atoms with E-state index < -0.39 is 6.10 Å². The van der Waals surface area contributed by atoms with Crippen LogP contribution in [0.15, 0.2) is 48.5 Å². The van der Waals surface area contributed by atoms with Gasteiger partial charge in [-0.1, -0.05) is 24.3 Å². The number of ether oxygens (including phenoxy) is 2. The maximum Gasteiger partial charge on any atom is 0.264 e. The van der Waals surface area contributed by atoms with Crippen molar-refractivity contribution in [3.05, 3.63) is 59.7 Å². The summed E-state index contributed by atoms with van der Waals surface area (Å²) in [6, 6.07) is 14.7. The summed E-state index contributed by atoms with van der Waals surface area (Å²) in [7, 11) is 0. The van der Waals surface area contributed by atoms with E-state index in [4.69, 9.17) is 9.47 Å². The van der Waals surface area contributed by atoms with Gasteiger partial charge in [0.15, 0.2) is 11.5 Å². The molecule has 0 radical (unpaired) electrons. The lowest BCUT2D eigenvalue weighted by Gasteiger charge is -2.26. The number of amides is 2. The molecule has 6 heteroatoms. The second-order valence-corrected chi connectivity index (χ2v) is 7.13. The van der Waals surface area contributed by atoms with Crippen LogP contribution >= 0.6 is 0 Å². The number of carbonyl (C=O) groups is 2. The summed E-state index contributed by atoms with van der Waals surface area (Å²) in [6.45, 7) is 2.23. The van der Waals surface area contributed by atoms with Crippen LogP contribution in [0.4, 0.5) is 0 Å². The molecule has 2 aromatic carbocycles. The van der Waals surface area contributed by atoms with E-state index >= 15 is 0 Å². The number of benzene rings is 2. The molecule has 146 valence electrons. The Labute approximate surface area is 164 Å². The van der Waals surface area contributed by atoms with Gasteiger partial charge in [0.2, 0.25) is 6.10 Å². The van der Waals surface area contributed by atoms with Crippen LogP contribution in [0.1, 0.15) is 35.2 Å². The molecular weight excluding hydrogens is 356 g/mol. The number of rotatable bonds is 4. The fraction of sp³-hybridized carbons (Fsp3) is 0.364. The first-order valence-electron chi connectivity index (χ1n) is 9.75. The highest BCUT2D eigenvalue weighted by Crippen LogP contribution is 2.30. The number of nitrogens with one attached hydrogen (secondary N) is 1. The van der Waals surface area contributed by atoms with E-state index in [2.05, 4.69) is 5.32 Å². The fourth-order valence-corrected chi connectivity index (χ4v) is 3.50. The Morgan fingerprint density at radius 3 is 2.43 bits per heavy atom. The monoisotopic (exact) mass is 380 g/mol. The molecule has 0 bridgehead atoms. The molecule has 1 saturated heterocycles. The van der Waals surface area contributed by atoms with Crippen molar-refractivity contribution in [2.24, 2.45) is 0 Å². The van der Waals surface area contributed by atoms with Gasteiger partial charge < -0.3 is 19.7 Å². The van der Waals surface area contributed by atoms with E-state index in [-0.39, 0.29) is 18.4 Å².